The van der Waals surface area contributed by atoms with Gasteiger partial charge in [-0.05, 0) is 13.0 Å². The molecule has 0 spiro atoms. The first-order valence-corrected chi connectivity index (χ1v) is 5.24. The third kappa shape index (κ3) is 2.08. The number of benzene rings is 1. The highest BCUT2D eigenvalue weighted by Crippen LogP contribution is 2.24. The van der Waals surface area contributed by atoms with Crippen molar-refractivity contribution in [2.45, 2.75) is 12.2 Å². The molecule has 0 bridgehead atoms. The van der Waals surface area contributed by atoms with E-state index < -0.39 is 27.0 Å². The molecule has 14 heavy (non-hydrogen) atoms. The van der Waals surface area contributed by atoms with E-state index in [1.165, 1.54) is 6.07 Å². The van der Waals surface area contributed by atoms with Crippen LogP contribution < -0.4 is 0 Å². The number of hydrogen-bond donors (Lipinski definition) is 1. The van der Waals surface area contributed by atoms with Crippen LogP contribution in [0, 0.1) is 11.6 Å². The van der Waals surface area contributed by atoms with Crippen LogP contribution in [0.15, 0.2) is 18.2 Å². The minimum absolute atomic E-state index is 0.382. The van der Waals surface area contributed by atoms with E-state index >= 15 is 0 Å². The standard InChI is InChI=1S/C8H8F2O3S/c1-5(14(11,12)13)6-3-2-4-7(9)8(6)10/h2-5H,1H3,(H,11,12,13). The summed E-state index contributed by atoms with van der Waals surface area (Å²) in [6.45, 7) is 1.08. The molecular formula is C8H8F2O3S. The smallest absolute Gasteiger partial charge is 0.271 e. The molecule has 0 aliphatic rings. The maximum absolute atomic E-state index is 13.0. The highest BCUT2D eigenvalue weighted by molar-refractivity contribution is 7.86. The highest BCUT2D eigenvalue weighted by atomic mass is 32.2. The zero-order valence-electron chi connectivity index (χ0n) is 7.24. The average Bonchev–Trinajstić information content (AvgIpc) is 2.07. The zero-order chi connectivity index (χ0) is 10.9. The van der Waals surface area contributed by atoms with Crippen LogP contribution in [0.4, 0.5) is 8.78 Å². The van der Waals surface area contributed by atoms with Crippen LogP contribution in [0.2, 0.25) is 0 Å². The Kier molecular flexibility index (Phi) is 2.86. The molecule has 1 aromatic rings. The molecule has 1 unspecified atom stereocenters. The molecule has 0 aliphatic heterocycles. The minimum atomic E-state index is -4.40. The van der Waals surface area contributed by atoms with Gasteiger partial charge in [0, 0.05) is 5.56 Å². The zero-order valence-corrected chi connectivity index (χ0v) is 8.05. The Bertz CT molecular complexity index is 442. The van der Waals surface area contributed by atoms with E-state index in [9.17, 15) is 17.2 Å². The monoisotopic (exact) mass is 222 g/mol. The first-order chi connectivity index (χ1) is 6.34. The summed E-state index contributed by atoms with van der Waals surface area (Å²) in [6, 6.07) is 3.15. The van der Waals surface area contributed by atoms with Crippen LogP contribution in [0.1, 0.15) is 17.7 Å². The van der Waals surface area contributed by atoms with Gasteiger partial charge in [-0.25, -0.2) is 8.78 Å². The van der Waals surface area contributed by atoms with Crippen LogP contribution in [0.25, 0.3) is 0 Å². The van der Waals surface area contributed by atoms with Crippen LogP contribution in [0.5, 0.6) is 0 Å². The van der Waals surface area contributed by atoms with Gasteiger partial charge in [0.05, 0.1) is 0 Å². The summed E-state index contributed by atoms with van der Waals surface area (Å²) in [6.07, 6.45) is 0. The van der Waals surface area contributed by atoms with Gasteiger partial charge in [-0.3, -0.25) is 4.55 Å². The highest BCUT2D eigenvalue weighted by Gasteiger charge is 2.24. The van der Waals surface area contributed by atoms with E-state index in [4.69, 9.17) is 4.55 Å². The summed E-state index contributed by atoms with van der Waals surface area (Å²) in [4.78, 5) is 0. The fourth-order valence-electron chi connectivity index (χ4n) is 0.995. The van der Waals surface area contributed by atoms with E-state index in [2.05, 4.69) is 0 Å². The van der Waals surface area contributed by atoms with Gasteiger partial charge in [0.25, 0.3) is 10.1 Å². The minimum Gasteiger partial charge on any atom is -0.285 e. The van der Waals surface area contributed by atoms with Gasteiger partial charge < -0.3 is 0 Å². The summed E-state index contributed by atoms with van der Waals surface area (Å²) in [5.41, 5.74) is -0.382. The van der Waals surface area contributed by atoms with Gasteiger partial charge in [-0.1, -0.05) is 12.1 Å². The normalized spacial score (nSPS) is 14.0. The average molecular weight is 222 g/mol. The molecule has 0 saturated carbocycles. The molecule has 78 valence electrons. The molecular weight excluding hydrogens is 214 g/mol. The van der Waals surface area contributed by atoms with Crippen molar-refractivity contribution in [2.75, 3.05) is 0 Å². The fraction of sp³-hybridized carbons (Fsp3) is 0.250. The summed E-state index contributed by atoms with van der Waals surface area (Å²) in [5.74, 6) is -2.39. The molecule has 1 N–H and O–H groups in total. The lowest BCUT2D eigenvalue weighted by Crippen LogP contribution is -2.10. The van der Waals surface area contributed by atoms with Crippen molar-refractivity contribution in [3.8, 4) is 0 Å². The lowest BCUT2D eigenvalue weighted by molar-refractivity contribution is 0.462. The van der Waals surface area contributed by atoms with E-state index in [1.807, 2.05) is 0 Å². The van der Waals surface area contributed by atoms with Crippen LogP contribution in [-0.4, -0.2) is 13.0 Å². The third-order valence-corrected chi connectivity index (χ3v) is 3.01. The Balaban J connectivity index is 3.28. The summed E-state index contributed by atoms with van der Waals surface area (Å²) >= 11 is 0. The molecule has 3 nitrogen and oxygen atoms in total. The fourth-order valence-corrected chi connectivity index (χ4v) is 1.50. The van der Waals surface area contributed by atoms with E-state index in [-0.39, 0.29) is 5.56 Å². The van der Waals surface area contributed by atoms with Gasteiger partial charge in [0.1, 0.15) is 5.25 Å². The lowest BCUT2D eigenvalue weighted by atomic mass is 10.1. The van der Waals surface area contributed by atoms with Crippen molar-refractivity contribution >= 4 is 10.1 Å². The maximum Gasteiger partial charge on any atom is 0.271 e. The molecule has 0 amide bonds. The largest absolute Gasteiger partial charge is 0.285 e. The predicted octanol–water partition coefficient (Wildman–Crippen LogP) is 1.91. The van der Waals surface area contributed by atoms with E-state index in [1.54, 1.807) is 0 Å². The molecule has 1 rings (SSSR count). The van der Waals surface area contributed by atoms with Crippen molar-refractivity contribution in [1.29, 1.82) is 0 Å². The second-order valence-corrected chi connectivity index (χ2v) is 4.54. The van der Waals surface area contributed by atoms with Gasteiger partial charge in [-0.2, -0.15) is 8.42 Å². The second kappa shape index (κ2) is 3.62. The molecule has 0 heterocycles. The molecule has 6 heteroatoms. The van der Waals surface area contributed by atoms with Crippen molar-refractivity contribution in [3.05, 3.63) is 35.4 Å². The molecule has 0 saturated heterocycles. The van der Waals surface area contributed by atoms with Crippen LogP contribution in [0.3, 0.4) is 0 Å². The molecule has 1 aromatic carbocycles. The lowest BCUT2D eigenvalue weighted by Gasteiger charge is -2.09. The van der Waals surface area contributed by atoms with E-state index in [0.29, 0.717) is 0 Å². The Morgan fingerprint density at radius 2 is 1.93 bits per heavy atom. The number of halogens is 2. The summed E-state index contributed by atoms with van der Waals surface area (Å²) in [5, 5.41) is -1.47. The van der Waals surface area contributed by atoms with Gasteiger partial charge >= 0.3 is 0 Å². The molecule has 0 fully saturated rings. The molecule has 1 atom stereocenters. The van der Waals surface area contributed by atoms with Gasteiger partial charge in [0.2, 0.25) is 0 Å². The number of hydrogen-bond acceptors (Lipinski definition) is 2. The topological polar surface area (TPSA) is 54.4 Å². The maximum atomic E-state index is 13.0. The summed E-state index contributed by atoms with van der Waals surface area (Å²) < 4.78 is 55.7. The van der Waals surface area contributed by atoms with Gasteiger partial charge in [0.15, 0.2) is 11.6 Å². The Hall–Kier alpha value is -1.01. The van der Waals surface area contributed by atoms with Crippen molar-refractivity contribution in [2.24, 2.45) is 0 Å². The SMILES string of the molecule is CC(c1cccc(F)c1F)S(=O)(=O)O. The quantitative estimate of drug-likeness (QED) is 0.777. The van der Waals surface area contributed by atoms with Crippen molar-refractivity contribution in [3.63, 3.8) is 0 Å². The Morgan fingerprint density at radius 3 is 2.43 bits per heavy atom. The van der Waals surface area contributed by atoms with Gasteiger partial charge in [-0.15, -0.1) is 0 Å². The summed E-state index contributed by atoms with van der Waals surface area (Å²) in [7, 11) is -4.40. The first-order valence-electron chi connectivity index (χ1n) is 3.74. The van der Waals surface area contributed by atoms with Crippen molar-refractivity contribution in [1.82, 2.24) is 0 Å². The third-order valence-electron chi connectivity index (χ3n) is 1.87. The molecule has 0 aliphatic carbocycles. The Morgan fingerprint density at radius 1 is 1.36 bits per heavy atom. The van der Waals surface area contributed by atoms with Crippen LogP contribution in [-0.2, 0) is 10.1 Å². The predicted molar refractivity (Wildman–Crippen MR) is 46.3 cm³/mol. The first kappa shape index (κ1) is 11.1. The number of rotatable bonds is 2. The molecule has 0 radical (unpaired) electrons. The van der Waals surface area contributed by atoms with Crippen LogP contribution >= 0.6 is 0 Å². The van der Waals surface area contributed by atoms with E-state index in [0.717, 1.165) is 19.1 Å². The Labute approximate surface area is 80.1 Å². The van der Waals surface area contributed by atoms with Crippen molar-refractivity contribution < 1.29 is 21.8 Å². The second-order valence-electron chi connectivity index (χ2n) is 2.80. The molecule has 0 aromatic heterocycles.